The van der Waals surface area contributed by atoms with Gasteiger partial charge in [0, 0.05) is 44.5 Å². The monoisotopic (exact) mass is 449 g/mol. The van der Waals surface area contributed by atoms with Gasteiger partial charge in [0.05, 0.1) is 22.9 Å². The Hall–Kier alpha value is -2.97. The lowest BCUT2D eigenvalue weighted by molar-refractivity contribution is 0.166. The molecule has 1 N–H and O–H groups in total. The van der Waals surface area contributed by atoms with E-state index in [-0.39, 0.29) is 5.56 Å². The largest absolute Gasteiger partial charge is 0.486 e. The number of piperidine rings is 1. The van der Waals surface area contributed by atoms with Crippen molar-refractivity contribution in [3.8, 4) is 11.5 Å². The molecule has 1 fully saturated rings. The van der Waals surface area contributed by atoms with Crippen LogP contribution in [-0.2, 0) is 13.1 Å². The van der Waals surface area contributed by atoms with Crippen molar-refractivity contribution in [3.63, 3.8) is 0 Å². The number of likely N-dealkylation sites (tertiary alicyclic amines) is 1. The average molecular weight is 450 g/mol. The number of nitrogens with zero attached hydrogens (tertiary/aromatic N) is 4. The van der Waals surface area contributed by atoms with Crippen molar-refractivity contribution in [1.82, 2.24) is 24.8 Å². The maximum Gasteiger partial charge on any atom is 0.251 e. The molecule has 0 aromatic carbocycles. The number of hydrogen-bond donors (Lipinski definition) is 1. The second kappa shape index (κ2) is 9.89. The predicted octanol–water partition coefficient (Wildman–Crippen LogP) is 2.37. The van der Waals surface area contributed by atoms with Gasteiger partial charge in [-0.25, -0.2) is 0 Å². The summed E-state index contributed by atoms with van der Waals surface area (Å²) >= 11 is 0. The summed E-state index contributed by atoms with van der Waals surface area (Å²) in [6.07, 6.45) is 6.00. The maximum atomic E-state index is 12.5. The number of hydrogen-bond acceptors (Lipinski definition) is 7. The van der Waals surface area contributed by atoms with Gasteiger partial charge in [0.2, 0.25) is 0 Å². The second-order valence-electron chi connectivity index (χ2n) is 9.00. The summed E-state index contributed by atoms with van der Waals surface area (Å²) in [5, 5.41) is 3.56. The summed E-state index contributed by atoms with van der Waals surface area (Å²) in [5.41, 5.74) is 3.86. The molecule has 0 amide bonds. The zero-order valence-corrected chi connectivity index (χ0v) is 19.1. The number of nitrogens with one attached hydrogen (secondary N) is 1. The fraction of sp³-hybridized carbons (Fsp3) is 0.480. The van der Waals surface area contributed by atoms with Gasteiger partial charge >= 0.3 is 0 Å². The van der Waals surface area contributed by atoms with Crippen LogP contribution >= 0.6 is 0 Å². The van der Waals surface area contributed by atoms with E-state index in [1.165, 1.54) is 12.8 Å². The van der Waals surface area contributed by atoms with Gasteiger partial charge in [-0.1, -0.05) is 0 Å². The van der Waals surface area contributed by atoms with Crippen molar-refractivity contribution >= 4 is 11.0 Å². The third kappa shape index (κ3) is 5.17. The molecule has 3 aromatic rings. The van der Waals surface area contributed by atoms with Crippen LogP contribution in [0.2, 0.25) is 0 Å². The van der Waals surface area contributed by atoms with Crippen LogP contribution in [0.25, 0.3) is 11.0 Å². The highest BCUT2D eigenvalue weighted by atomic mass is 16.6. The van der Waals surface area contributed by atoms with E-state index in [0.717, 1.165) is 60.0 Å². The third-order valence-corrected chi connectivity index (χ3v) is 6.44. The van der Waals surface area contributed by atoms with Gasteiger partial charge in [0.1, 0.15) is 13.2 Å². The lowest BCUT2D eigenvalue weighted by Crippen LogP contribution is -2.41. The van der Waals surface area contributed by atoms with Crippen molar-refractivity contribution in [2.24, 2.45) is 5.92 Å². The van der Waals surface area contributed by atoms with Crippen LogP contribution in [-0.4, -0.2) is 58.8 Å². The molecule has 1 atom stereocenters. The quantitative estimate of drug-likeness (QED) is 0.593. The summed E-state index contributed by atoms with van der Waals surface area (Å²) in [7, 11) is 0. The third-order valence-electron chi connectivity index (χ3n) is 6.44. The highest BCUT2D eigenvalue weighted by molar-refractivity contribution is 5.74. The molecule has 2 aliphatic rings. The highest BCUT2D eigenvalue weighted by Crippen LogP contribution is 2.29. The lowest BCUT2D eigenvalue weighted by atomic mass is 9.98. The summed E-state index contributed by atoms with van der Waals surface area (Å²) < 4.78 is 13.1. The number of pyridine rings is 3. The average Bonchev–Trinajstić information content (AvgIpc) is 2.83. The molecule has 174 valence electrons. The first-order chi connectivity index (χ1) is 16.2. The topological polar surface area (TPSA) is 81.5 Å². The van der Waals surface area contributed by atoms with Gasteiger partial charge in [0.15, 0.2) is 11.5 Å². The standard InChI is InChI=1S/C25H31N5O3/c1-18-11-22-21(28-13-18)4-5-25(31)30(22)8-7-29-6-2-3-19(17-29)14-26-15-20-12-23-24(16-27-20)33-10-9-32-23/h4-5,11-13,16,19,26H,2-3,6-10,14-15,17H2,1H3. The molecule has 3 aromatic heterocycles. The van der Waals surface area contributed by atoms with Crippen LogP contribution in [0.4, 0.5) is 0 Å². The molecule has 0 radical (unpaired) electrons. The van der Waals surface area contributed by atoms with Gasteiger partial charge in [-0.3, -0.25) is 14.8 Å². The minimum atomic E-state index is 0.0389. The van der Waals surface area contributed by atoms with Crippen molar-refractivity contribution in [3.05, 3.63) is 58.3 Å². The van der Waals surface area contributed by atoms with Gasteiger partial charge in [-0.15, -0.1) is 0 Å². The number of aryl methyl sites for hydroxylation is 1. The summed E-state index contributed by atoms with van der Waals surface area (Å²) in [6.45, 7) is 8.51. The molecule has 8 heteroatoms. The van der Waals surface area contributed by atoms with Crippen LogP contribution in [0.1, 0.15) is 24.1 Å². The van der Waals surface area contributed by atoms with E-state index in [9.17, 15) is 4.79 Å². The smallest absolute Gasteiger partial charge is 0.251 e. The Kier molecular flexibility index (Phi) is 6.55. The van der Waals surface area contributed by atoms with Gasteiger partial charge in [-0.2, -0.15) is 0 Å². The van der Waals surface area contributed by atoms with Crippen LogP contribution in [0.15, 0.2) is 41.5 Å². The van der Waals surface area contributed by atoms with E-state index in [2.05, 4.69) is 26.3 Å². The predicted molar refractivity (Wildman–Crippen MR) is 127 cm³/mol. The van der Waals surface area contributed by atoms with Gasteiger partial charge in [-0.05, 0) is 56.5 Å². The van der Waals surface area contributed by atoms with Crippen molar-refractivity contribution in [1.29, 1.82) is 0 Å². The Morgan fingerprint density at radius 1 is 1.09 bits per heavy atom. The number of fused-ring (bicyclic) bond motifs is 2. The SMILES string of the molecule is Cc1cnc2ccc(=O)n(CCN3CCCC(CNCc4cc5c(cn4)OCCO5)C3)c2c1. The van der Waals surface area contributed by atoms with Gasteiger partial charge in [0.25, 0.3) is 5.56 Å². The Balaban J connectivity index is 1.14. The van der Waals surface area contributed by atoms with E-state index in [1.807, 2.05) is 29.8 Å². The maximum absolute atomic E-state index is 12.5. The van der Waals surface area contributed by atoms with Crippen molar-refractivity contribution < 1.29 is 9.47 Å². The molecule has 0 bridgehead atoms. The summed E-state index contributed by atoms with van der Waals surface area (Å²) in [5.74, 6) is 2.10. The zero-order chi connectivity index (χ0) is 22.6. The van der Waals surface area contributed by atoms with Crippen LogP contribution in [0.5, 0.6) is 11.5 Å². The Morgan fingerprint density at radius 2 is 1.97 bits per heavy atom. The molecule has 5 rings (SSSR count). The number of rotatable bonds is 7. The molecule has 5 heterocycles. The van der Waals surface area contributed by atoms with Crippen LogP contribution in [0.3, 0.4) is 0 Å². The molecule has 33 heavy (non-hydrogen) atoms. The molecule has 2 aliphatic heterocycles. The molecular formula is C25H31N5O3. The van der Waals surface area contributed by atoms with E-state index in [1.54, 1.807) is 12.3 Å². The Morgan fingerprint density at radius 3 is 2.88 bits per heavy atom. The van der Waals surface area contributed by atoms with Crippen molar-refractivity contribution in [2.75, 3.05) is 39.4 Å². The molecule has 1 saturated heterocycles. The number of ether oxygens (including phenoxy) is 2. The molecule has 8 nitrogen and oxygen atoms in total. The number of aromatic nitrogens is 3. The first kappa shape index (κ1) is 21.9. The fourth-order valence-electron chi connectivity index (χ4n) is 4.75. The molecule has 0 saturated carbocycles. The Bertz CT molecular complexity index is 1180. The molecule has 0 aliphatic carbocycles. The zero-order valence-electron chi connectivity index (χ0n) is 19.1. The van der Waals surface area contributed by atoms with Gasteiger partial charge < -0.3 is 24.3 Å². The highest BCUT2D eigenvalue weighted by Gasteiger charge is 2.20. The second-order valence-corrected chi connectivity index (χ2v) is 9.00. The van der Waals surface area contributed by atoms with Crippen LogP contribution in [0, 0.1) is 12.8 Å². The lowest BCUT2D eigenvalue weighted by Gasteiger charge is -2.33. The summed E-state index contributed by atoms with van der Waals surface area (Å²) in [6, 6.07) is 7.46. The van der Waals surface area contributed by atoms with E-state index in [4.69, 9.17) is 9.47 Å². The van der Waals surface area contributed by atoms with Crippen molar-refractivity contribution in [2.45, 2.75) is 32.9 Å². The Labute approximate surface area is 193 Å². The first-order valence-corrected chi connectivity index (χ1v) is 11.8. The molecule has 1 unspecified atom stereocenters. The van der Waals surface area contributed by atoms with E-state index in [0.29, 0.717) is 32.2 Å². The molecule has 0 spiro atoms. The normalized spacial score (nSPS) is 18.5. The van der Waals surface area contributed by atoms with Crippen LogP contribution < -0.4 is 20.3 Å². The fourth-order valence-corrected chi connectivity index (χ4v) is 4.75. The minimum absolute atomic E-state index is 0.0389. The van der Waals surface area contributed by atoms with E-state index < -0.39 is 0 Å². The molecular weight excluding hydrogens is 418 g/mol. The first-order valence-electron chi connectivity index (χ1n) is 11.8. The summed E-state index contributed by atoms with van der Waals surface area (Å²) in [4.78, 5) is 24.0. The van der Waals surface area contributed by atoms with E-state index >= 15 is 0 Å². The minimum Gasteiger partial charge on any atom is -0.486 e.